The Morgan fingerprint density at radius 1 is 1.38 bits per heavy atom. The molecular formula is C11H23NO. The van der Waals surface area contributed by atoms with Crippen LogP contribution in [-0.4, -0.2) is 24.3 Å². The van der Waals surface area contributed by atoms with Gasteiger partial charge in [0, 0.05) is 12.6 Å². The van der Waals surface area contributed by atoms with Gasteiger partial charge in [-0.1, -0.05) is 20.8 Å². The summed E-state index contributed by atoms with van der Waals surface area (Å²) >= 11 is 0. The van der Waals surface area contributed by atoms with E-state index in [1.807, 2.05) is 0 Å². The van der Waals surface area contributed by atoms with E-state index >= 15 is 0 Å². The third-order valence-electron chi connectivity index (χ3n) is 2.93. The predicted octanol–water partition coefficient (Wildman–Crippen LogP) is 1.78. The van der Waals surface area contributed by atoms with Gasteiger partial charge in [-0.15, -0.1) is 0 Å². The molecule has 13 heavy (non-hydrogen) atoms. The Balaban J connectivity index is 2.38. The topological polar surface area (TPSA) is 32.3 Å². The first kappa shape index (κ1) is 11.0. The molecule has 0 unspecified atom stereocenters. The van der Waals surface area contributed by atoms with E-state index in [1.54, 1.807) is 0 Å². The van der Waals surface area contributed by atoms with Crippen LogP contribution in [0, 0.1) is 11.3 Å². The van der Waals surface area contributed by atoms with Gasteiger partial charge in [0.25, 0.3) is 0 Å². The Kier molecular flexibility index (Phi) is 3.74. The number of nitrogens with one attached hydrogen (secondary N) is 1. The van der Waals surface area contributed by atoms with Gasteiger partial charge in [-0.25, -0.2) is 0 Å². The van der Waals surface area contributed by atoms with Crippen LogP contribution in [0.4, 0.5) is 0 Å². The van der Waals surface area contributed by atoms with Gasteiger partial charge in [0.05, 0.1) is 6.61 Å². The van der Waals surface area contributed by atoms with Crippen LogP contribution in [0.15, 0.2) is 0 Å². The maximum absolute atomic E-state index is 8.73. The molecule has 2 N–H and O–H groups in total. The van der Waals surface area contributed by atoms with Crippen molar-refractivity contribution in [2.24, 2.45) is 11.3 Å². The van der Waals surface area contributed by atoms with Crippen molar-refractivity contribution in [2.75, 3.05) is 13.2 Å². The normalized spacial score (nSPS) is 33.2. The van der Waals surface area contributed by atoms with E-state index < -0.39 is 0 Å². The predicted molar refractivity (Wildman–Crippen MR) is 55.7 cm³/mol. The maximum Gasteiger partial charge on any atom is 0.0556 e. The molecule has 0 radical (unpaired) electrons. The number of hydrogen-bond acceptors (Lipinski definition) is 2. The minimum atomic E-state index is 0.255. The molecule has 0 spiro atoms. The molecule has 1 aliphatic carbocycles. The van der Waals surface area contributed by atoms with Crippen molar-refractivity contribution in [2.45, 2.75) is 46.1 Å². The zero-order valence-corrected chi connectivity index (χ0v) is 9.14. The standard InChI is InChI=1S/C11H23NO/c1-9-6-10(12-4-5-13)8-11(2,3)7-9/h9-10,12-13H,4-8H2,1-3H3/t9-,10-/m1/s1. The van der Waals surface area contributed by atoms with Crippen LogP contribution < -0.4 is 5.32 Å². The van der Waals surface area contributed by atoms with Crippen molar-refractivity contribution in [3.8, 4) is 0 Å². The van der Waals surface area contributed by atoms with E-state index in [4.69, 9.17) is 5.11 Å². The molecule has 2 nitrogen and oxygen atoms in total. The zero-order chi connectivity index (χ0) is 9.90. The molecule has 0 aromatic heterocycles. The zero-order valence-electron chi connectivity index (χ0n) is 9.14. The van der Waals surface area contributed by atoms with Gasteiger partial charge in [0.15, 0.2) is 0 Å². The quantitative estimate of drug-likeness (QED) is 0.702. The maximum atomic E-state index is 8.73. The van der Waals surface area contributed by atoms with Crippen LogP contribution in [-0.2, 0) is 0 Å². The third-order valence-corrected chi connectivity index (χ3v) is 2.93. The van der Waals surface area contributed by atoms with Gasteiger partial charge >= 0.3 is 0 Å². The fourth-order valence-electron chi connectivity index (χ4n) is 2.77. The van der Waals surface area contributed by atoms with Gasteiger partial charge in [-0.2, -0.15) is 0 Å². The monoisotopic (exact) mass is 185 g/mol. The number of rotatable bonds is 3. The van der Waals surface area contributed by atoms with Crippen molar-refractivity contribution >= 4 is 0 Å². The second-order valence-corrected chi connectivity index (χ2v) is 5.29. The molecule has 0 amide bonds. The highest BCUT2D eigenvalue weighted by atomic mass is 16.3. The molecule has 0 saturated heterocycles. The molecular weight excluding hydrogens is 162 g/mol. The lowest BCUT2D eigenvalue weighted by molar-refractivity contribution is 0.146. The summed E-state index contributed by atoms with van der Waals surface area (Å²) in [6.45, 7) is 8.01. The van der Waals surface area contributed by atoms with Crippen molar-refractivity contribution in [1.29, 1.82) is 0 Å². The summed E-state index contributed by atoms with van der Waals surface area (Å²) in [6.07, 6.45) is 3.85. The highest BCUT2D eigenvalue weighted by molar-refractivity contribution is 4.86. The Bertz CT molecular complexity index is 156. The molecule has 1 fully saturated rings. The van der Waals surface area contributed by atoms with Gasteiger partial charge < -0.3 is 10.4 Å². The second kappa shape index (κ2) is 4.43. The Labute approximate surface area is 81.7 Å². The summed E-state index contributed by atoms with van der Waals surface area (Å²) in [5.74, 6) is 0.819. The molecule has 0 aliphatic heterocycles. The molecule has 0 bridgehead atoms. The molecule has 1 aliphatic rings. The first-order valence-electron chi connectivity index (χ1n) is 5.38. The van der Waals surface area contributed by atoms with E-state index in [1.165, 1.54) is 19.3 Å². The molecule has 1 saturated carbocycles. The van der Waals surface area contributed by atoms with Crippen molar-refractivity contribution in [1.82, 2.24) is 5.32 Å². The smallest absolute Gasteiger partial charge is 0.0556 e. The van der Waals surface area contributed by atoms with Crippen LogP contribution in [0.2, 0.25) is 0 Å². The minimum absolute atomic E-state index is 0.255. The van der Waals surface area contributed by atoms with Crippen molar-refractivity contribution in [3.63, 3.8) is 0 Å². The lowest BCUT2D eigenvalue weighted by Gasteiger charge is -2.39. The van der Waals surface area contributed by atoms with Gasteiger partial charge in [0.2, 0.25) is 0 Å². The molecule has 78 valence electrons. The SMILES string of the molecule is C[C@@H]1C[C@@H](NCCO)CC(C)(C)C1. The lowest BCUT2D eigenvalue weighted by atomic mass is 9.70. The summed E-state index contributed by atoms with van der Waals surface area (Å²) in [7, 11) is 0. The fraction of sp³-hybridized carbons (Fsp3) is 1.00. The van der Waals surface area contributed by atoms with E-state index in [-0.39, 0.29) is 6.61 Å². The van der Waals surface area contributed by atoms with Gasteiger partial charge in [0.1, 0.15) is 0 Å². The number of aliphatic hydroxyl groups is 1. The van der Waals surface area contributed by atoms with Crippen LogP contribution in [0.25, 0.3) is 0 Å². The third kappa shape index (κ3) is 3.65. The second-order valence-electron chi connectivity index (χ2n) is 5.29. The number of hydrogen-bond donors (Lipinski definition) is 2. The Morgan fingerprint density at radius 3 is 2.62 bits per heavy atom. The van der Waals surface area contributed by atoms with Crippen LogP contribution in [0.5, 0.6) is 0 Å². The van der Waals surface area contributed by atoms with E-state index in [2.05, 4.69) is 26.1 Å². The first-order valence-corrected chi connectivity index (χ1v) is 5.38. The average Bonchev–Trinajstić information content (AvgIpc) is 1.97. The van der Waals surface area contributed by atoms with Crippen molar-refractivity contribution < 1.29 is 5.11 Å². The largest absolute Gasteiger partial charge is 0.395 e. The van der Waals surface area contributed by atoms with Gasteiger partial charge in [-0.3, -0.25) is 0 Å². The molecule has 0 aromatic rings. The summed E-state index contributed by atoms with van der Waals surface area (Å²) < 4.78 is 0. The molecule has 0 aromatic carbocycles. The Hall–Kier alpha value is -0.0800. The van der Waals surface area contributed by atoms with Crippen molar-refractivity contribution in [3.05, 3.63) is 0 Å². The fourth-order valence-corrected chi connectivity index (χ4v) is 2.77. The average molecular weight is 185 g/mol. The van der Waals surface area contributed by atoms with E-state index in [0.29, 0.717) is 11.5 Å². The number of aliphatic hydroxyl groups excluding tert-OH is 1. The van der Waals surface area contributed by atoms with E-state index in [9.17, 15) is 0 Å². The molecule has 2 atom stereocenters. The minimum Gasteiger partial charge on any atom is -0.395 e. The summed E-state index contributed by atoms with van der Waals surface area (Å²) in [5.41, 5.74) is 0.477. The molecule has 1 rings (SSSR count). The summed E-state index contributed by atoms with van der Waals surface area (Å²) in [4.78, 5) is 0. The molecule has 0 heterocycles. The van der Waals surface area contributed by atoms with Crippen LogP contribution in [0.3, 0.4) is 0 Å². The van der Waals surface area contributed by atoms with Crippen LogP contribution in [0.1, 0.15) is 40.0 Å². The summed E-state index contributed by atoms with van der Waals surface area (Å²) in [5, 5.41) is 12.1. The first-order chi connectivity index (χ1) is 6.03. The lowest BCUT2D eigenvalue weighted by Crippen LogP contribution is -2.41. The summed E-state index contributed by atoms with van der Waals surface area (Å²) in [6, 6.07) is 0.617. The van der Waals surface area contributed by atoms with Gasteiger partial charge in [-0.05, 0) is 30.6 Å². The van der Waals surface area contributed by atoms with Crippen LogP contribution >= 0.6 is 0 Å². The van der Waals surface area contributed by atoms with E-state index in [0.717, 1.165) is 12.5 Å². The highest BCUT2D eigenvalue weighted by Crippen LogP contribution is 2.38. The highest BCUT2D eigenvalue weighted by Gasteiger charge is 2.31. The Morgan fingerprint density at radius 2 is 2.08 bits per heavy atom. The molecule has 2 heteroatoms.